The molecule has 6 heteroatoms. The number of nitrogens with one attached hydrogen (secondary N) is 1. The zero-order chi connectivity index (χ0) is 16.3. The van der Waals surface area contributed by atoms with Gasteiger partial charge in [0.2, 0.25) is 5.75 Å². The summed E-state index contributed by atoms with van der Waals surface area (Å²) in [7, 11) is 4.47. The quantitative estimate of drug-likeness (QED) is 0.800. The molecule has 0 radical (unpaired) electrons. The third-order valence-electron chi connectivity index (χ3n) is 4.01. The fourth-order valence-corrected chi connectivity index (χ4v) is 2.48. The van der Waals surface area contributed by atoms with Crippen LogP contribution in [0.5, 0.6) is 17.2 Å². The predicted octanol–water partition coefficient (Wildman–Crippen LogP) is 1.60. The molecular formula is C16H23NO5. The molecule has 1 aromatic carbocycles. The van der Waals surface area contributed by atoms with Crippen LogP contribution in [0.4, 0.5) is 0 Å². The van der Waals surface area contributed by atoms with E-state index in [-0.39, 0.29) is 18.4 Å². The maximum absolute atomic E-state index is 12.4. The number of hydrogen-bond acceptors (Lipinski definition) is 5. The lowest BCUT2D eigenvalue weighted by Crippen LogP contribution is -2.42. The molecule has 2 rings (SSSR count). The van der Waals surface area contributed by atoms with Crippen molar-refractivity contribution >= 4 is 5.91 Å². The van der Waals surface area contributed by atoms with E-state index in [0.29, 0.717) is 22.8 Å². The monoisotopic (exact) mass is 309 g/mol. The summed E-state index contributed by atoms with van der Waals surface area (Å²) in [5.74, 6) is 1.11. The summed E-state index contributed by atoms with van der Waals surface area (Å²) in [6, 6.07) is 3.26. The average molecular weight is 309 g/mol. The van der Waals surface area contributed by atoms with Crippen LogP contribution in [-0.4, -0.2) is 44.5 Å². The van der Waals surface area contributed by atoms with Crippen LogP contribution in [-0.2, 0) is 0 Å². The van der Waals surface area contributed by atoms with Crippen molar-refractivity contribution in [2.75, 3.05) is 27.9 Å². The van der Waals surface area contributed by atoms with Gasteiger partial charge in [-0.15, -0.1) is 0 Å². The Kier molecular flexibility index (Phi) is 4.81. The molecule has 1 aliphatic rings. The van der Waals surface area contributed by atoms with Gasteiger partial charge in [0.15, 0.2) is 11.5 Å². The second-order valence-electron chi connectivity index (χ2n) is 5.70. The van der Waals surface area contributed by atoms with E-state index in [0.717, 1.165) is 12.8 Å². The Morgan fingerprint density at radius 1 is 1.23 bits per heavy atom. The lowest BCUT2D eigenvalue weighted by Gasteiger charge is -2.23. The summed E-state index contributed by atoms with van der Waals surface area (Å²) in [4.78, 5) is 12.4. The molecule has 1 amide bonds. The molecule has 1 unspecified atom stereocenters. The molecule has 1 atom stereocenters. The van der Waals surface area contributed by atoms with Crippen LogP contribution in [0.25, 0.3) is 0 Å². The molecule has 0 bridgehead atoms. The van der Waals surface area contributed by atoms with E-state index in [4.69, 9.17) is 14.2 Å². The van der Waals surface area contributed by atoms with Crippen molar-refractivity contribution in [1.82, 2.24) is 5.32 Å². The summed E-state index contributed by atoms with van der Waals surface area (Å²) >= 11 is 0. The molecule has 122 valence electrons. The lowest BCUT2D eigenvalue weighted by atomic mass is 10.0. The van der Waals surface area contributed by atoms with Crippen molar-refractivity contribution in [3.05, 3.63) is 17.7 Å². The number of rotatable bonds is 7. The van der Waals surface area contributed by atoms with Crippen molar-refractivity contribution in [2.24, 2.45) is 5.92 Å². The molecule has 1 fully saturated rings. The van der Waals surface area contributed by atoms with E-state index >= 15 is 0 Å². The number of ether oxygens (including phenoxy) is 3. The van der Waals surface area contributed by atoms with Crippen LogP contribution < -0.4 is 19.5 Å². The zero-order valence-electron chi connectivity index (χ0n) is 13.4. The minimum atomic E-state index is -0.876. The molecular weight excluding hydrogens is 286 g/mol. The van der Waals surface area contributed by atoms with Crippen molar-refractivity contribution in [2.45, 2.75) is 25.4 Å². The largest absolute Gasteiger partial charge is 0.493 e. The van der Waals surface area contributed by atoms with E-state index < -0.39 is 5.60 Å². The topological polar surface area (TPSA) is 77.0 Å². The normalized spacial score (nSPS) is 16.6. The van der Waals surface area contributed by atoms with Gasteiger partial charge in [-0.2, -0.15) is 0 Å². The summed E-state index contributed by atoms with van der Waals surface area (Å²) in [5.41, 5.74) is -0.536. The predicted molar refractivity (Wildman–Crippen MR) is 81.8 cm³/mol. The highest BCUT2D eigenvalue weighted by atomic mass is 16.5. The molecule has 0 saturated heterocycles. The molecule has 1 saturated carbocycles. The third kappa shape index (κ3) is 3.27. The number of hydrogen-bond donors (Lipinski definition) is 2. The second-order valence-corrected chi connectivity index (χ2v) is 5.70. The molecule has 2 N–H and O–H groups in total. The first-order valence-electron chi connectivity index (χ1n) is 7.24. The van der Waals surface area contributed by atoms with Gasteiger partial charge in [0.05, 0.1) is 32.5 Å². The van der Waals surface area contributed by atoms with E-state index in [1.54, 1.807) is 19.1 Å². The summed E-state index contributed by atoms with van der Waals surface area (Å²) in [5, 5.41) is 13.0. The number of benzene rings is 1. The maximum Gasteiger partial charge on any atom is 0.255 e. The SMILES string of the molecule is COc1ccc(C(=O)NCC(C)(O)C2CC2)c(OC)c1OC. The third-order valence-corrected chi connectivity index (χ3v) is 4.01. The van der Waals surface area contributed by atoms with Gasteiger partial charge < -0.3 is 24.6 Å². The Balaban J connectivity index is 2.18. The Labute approximate surface area is 130 Å². The molecule has 0 aliphatic heterocycles. The molecule has 1 aromatic rings. The zero-order valence-corrected chi connectivity index (χ0v) is 13.4. The Bertz CT molecular complexity index is 552. The Morgan fingerprint density at radius 2 is 1.86 bits per heavy atom. The summed E-state index contributed by atoms with van der Waals surface area (Å²) in [6.07, 6.45) is 2.01. The summed E-state index contributed by atoms with van der Waals surface area (Å²) < 4.78 is 15.7. The standard InChI is InChI=1S/C16H23NO5/c1-16(19,10-5-6-10)9-17-15(18)11-7-8-12(20-2)14(22-4)13(11)21-3/h7-8,10,19H,5-6,9H2,1-4H3,(H,17,18). The minimum Gasteiger partial charge on any atom is -0.493 e. The van der Waals surface area contributed by atoms with E-state index in [9.17, 15) is 9.90 Å². The lowest BCUT2D eigenvalue weighted by molar-refractivity contribution is 0.0354. The fourth-order valence-electron chi connectivity index (χ4n) is 2.48. The highest BCUT2D eigenvalue weighted by molar-refractivity contribution is 5.98. The molecule has 6 nitrogen and oxygen atoms in total. The minimum absolute atomic E-state index is 0.202. The Morgan fingerprint density at radius 3 is 2.36 bits per heavy atom. The van der Waals surface area contributed by atoms with Crippen LogP contribution in [0.15, 0.2) is 12.1 Å². The van der Waals surface area contributed by atoms with Crippen molar-refractivity contribution < 1.29 is 24.1 Å². The highest BCUT2D eigenvalue weighted by Gasteiger charge is 2.40. The molecule has 0 aromatic heterocycles. The van der Waals surface area contributed by atoms with E-state index in [1.807, 2.05) is 0 Å². The maximum atomic E-state index is 12.4. The number of aliphatic hydroxyl groups is 1. The molecule has 1 aliphatic carbocycles. The van der Waals surface area contributed by atoms with Gasteiger partial charge in [0.1, 0.15) is 0 Å². The number of carbonyl (C=O) groups excluding carboxylic acids is 1. The number of carbonyl (C=O) groups is 1. The van der Waals surface area contributed by atoms with Crippen molar-refractivity contribution in [3.63, 3.8) is 0 Å². The fraction of sp³-hybridized carbons (Fsp3) is 0.562. The van der Waals surface area contributed by atoms with Crippen LogP contribution in [0, 0.1) is 5.92 Å². The molecule has 0 heterocycles. The van der Waals surface area contributed by atoms with Crippen LogP contribution in [0.1, 0.15) is 30.1 Å². The van der Waals surface area contributed by atoms with Gasteiger partial charge >= 0.3 is 0 Å². The first kappa shape index (κ1) is 16.4. The van der Waals surface area contributed by atoms with Crippen molar-refractivity contribution in [3.8, 4) is 17.2 Å². The van der Waals surface area contributed by atoms with Crippen molar-refractivity contribution in [1.29, 1.82) is 0 Å². The van der Waals surface area contributed by atoms with E-state index in [2.05, 4.69) is 5.32 Å². The highest BCUT2D eigenvalue weighted by Crippen LogP contribution is 2.40. The van der Waals surface area contributed by atoms with Crippen LogP contribution >= 0.6 is 0 Å². The van der Waals surface area contributed by atoms with Gasteiger partial charge in [0.25, 0.3) is 5.91 Å². The van der Waals surface area contributed by atoms with Gasteiger partial charge in [-0.25, -0.2) is 0 Å². The first-order chi connectivity index (χ1) is 10.4. The van der Waals surface area contributed by atoms with Gasteiger partial charge in [-0.05, 0) is 37.8 Å². The van der Waals surface area contributed by atoms with Gasteiger partial charge in [-0.1, -0.05) is 0 Å². The second kappa shape index (κ2) is 6.44. The van der Waals surface area contributed by atoms with Gasteiger partial charge in [-0.3, -0.25) is 4.79 Å². The summed E-state index contributed by atoms with van der Waals surface area (Å²) in [6.45, 7) is 1.95. The first-order valence-corrected chi connectivity index (χ1v) is 7.24. The van der Waals surface area contributed by atoms with Crippen LogP contribution in [0.2, 0.25) is 0 Å². The Hall–Kier alpha value is -1.95. The number of amides is 1. The smallest absolute Gasteiger partial charge is 0.255 e. The van der Waals surface area contributed by atoms with Gasteiger partial charge in [0, 0.05) is 6.54 Å². The number of methoxy groups -OCH3 is 3. The molecule has 0 spiro atoms. The van der Waals surface area contributed by atoms with Crippen LogP contribution in [0.3, 0.4) is 0 Å². The molecule has 22 heavy (non-hydrogen) atoms. The van der Waals surface area contributed by atoms with E-state index in [1.165, 1.54) is 21.3 Å². The average Bonchev–Trinajstić information content (AvgIpc) is 3.36.